The third-order valence-electron chi connectivity index (χ3n) is 4.35. The highest BCUT2D eigenvalue weighted by Gasteiger charge is 2.11. The van der Waals surface area contributed by atoms with Gasteiger partial charge in [0.25, 0.3) is 0 Å². The molecule has 2 rings (SSSR count). The van der Waals surface area contributed by atoms with Crippen LogP contribution in [0, 0.1) is 0 Å². The second kappa shape index (κ2) is 10.3. The summed E-state index contributed by atoms with van der Waals surface area (Å²) in [6.07, 6.45) is 0.868. The Morgan fingerprint density at radius 2 is 1.62 bits per heavy atom. The minimum Gasteiger partial charge on any atom is -0.496 e. The summed E-state index contributed by atoms with van der Waals surface area (Å²) in [5, 5.41) is 6.74. The van der Waals surface area contributed by atoms with E-state index in [1.54, 1.807) is 21.3 Å². The zero-order chi connectivity index (χ0) is 18.8. The molecule has 2 N–H and O–H groups in total. The zero-order valence-electron chi connectivity index (χ0n) is 16.1. The number of methoxy groups -OCH3 is 2. The topological polar surface area (TPSA) is 54.9 Å². The van der Waals surface area contributed by atoms with Gasteiger partial charge in [-0.05, 0) is 29.7 Å². The van der Waals surface area contributed by atoms with Crippen molar-refractivity contribution in [3.8, 4) is 11.5 Å². The Morgan fingerprint density at radius 3 is 2.31 bits per heavy atom. The molecular formula is C21H29N3O2. The van der Waals surface area contributed by atoms with Crippen molar-refractivity contribution in [2.24, 2.45) is 4.99 Å². The highest BCUT2D eigenvalue weighted by atomic mass is 16.5. The van der Waals surface area contributed by atoms with Crippen LogP contribution in [-0.4, -0.2) is 40.3 Å². The number of ether oxygens (including phenoxy) is 2. The monoisotopic (exact) mass is 355 g/mol. The molecule has 0 heterocycles. The average Bonchev–Trinajstić information content (AvgIpc) is 2.70. The molecule has 0 saturated carbocycles. The molecule has 0 bridgehead atoms. The van der Waals surface area contributed by atoms with Gasteiger partial charge in [-0.1, -0.05) is 43.3 Å². The number of hydrogen-bond acceptors (Lipinski definition) is 3. The third-order valence-corrected chi connectivity index (χ3v) is 4.35. The second-order valence-electron chi connectivity index (χ2n) is 6.08. The Kier molecular flexibility index (Phi) is 7.80. The Balaban J connectivity index is 1.84. The molecule has 5 heteroatoms. The van der Waals surface area contributed by atoms with Gasteiger partial charge in [0.15, 0.2) is 5.96 Å². The van der Waals surface area contributed by atoms with Crippen molar-refractivity contribution in [1.82, 2.24) is 10.6 Å². The molecule has 140 valence electrons. The lowest BCUT2D eigenvalue weighted by molar-refractivity contribution is 0.406. The molecule has 0 aliphatic carbocycles. The first kappa shape index (κ1) is 19.6. The number of aliphatic imine (C=N–C) groups is 1. The van der Waals surface area contributed by atoms with Gasteiger partial charge in [0.2, 0.25) is 0 Å². The molecule has 26 heavy (non-hydrogen) atoms. The minimum absolute atomic E-state index is 0.305. The largest absolute Gasteiger partial charge is 0.496 e. The van der Waals surface area contributed by atoms with Gasteiger partial charge in [0.05, 0.1) is 14.2 Å². The summed E-state index contributed by atoms with van der Waals surface area (Å²) in [4.78, 5) is 4.30. The third kappa shape index (κ3) is 5.41. The van der Waals surface area contributed by atoms with Crippen molar-refractivity contribution in [2.45, 2.75) is 19.3 Å². The molecule has 1 unspecified atom stereocenters. The smallest absolute Gasteiger partial charge is 0.191 e. The van der Waals surface area contributed by atoms with Gasteiger partial charge in [-0.2, -0.15) is 0 Å². The predicted octanol–water partition coefficient (Wildman–Crippen LogP) is 3.22. The molecule has 1 atom stereocenters. The highest BCUT2D eigenvalue weighted by Crippen LogP contribution is 2.25. The fourth-order valence-electron chi connectivity index (χ4n) is 2.88. The van der Waals surface area contributed by atoms with Gasteiger partial charge in [0, 0.05) is 26.1 Å². The quantitative estimate of drug-likeness (QED) is 0.564. The summed E-state index contributed by atoms with van der Waals surface area (Å²) in [6.45, 7) is 3.73. The summed E-state index contributed by atoms with van der Waals surface area (Å²) in [5.74, 6) is 2.93. The molecule has 0 spiro atoms. The van der Waals surface area contributed by atoms with Crippen LogP contribution in [0.3, 0.4) is 0 Å². The highest BCUT2D eigenvalue weighted by molar-refractivity contribution is 5.79. The second-order valence-corrected chi connectivity index (χ2v) is 6.08. The molecule has 0 fully saturated rings. The van der Waals surface area contributed by atoms with Crippen LogP contribution in [0.15, 0.2) is 53.5 Å². The zero-order valence-corrected chi connectivity index (χ0v) is 16.1. The number of benzene rings is 2. The Labute approximate surface area is 156 Å². The summed E-state index contributed by atoms with van der Waals surface area (Å²) in [6, 6.07) is 16.2. The maximum absolute atomic E-state index is 5.45. The average molecular weight is 355 g/mol. The SMILES string of the molecule is CN=C(NCCc1ccccc1OC)NCC(C)c1ccccc1OC. The molecule has 0 saturated heterocycles. The lowest BCUT2D eigenvalue weighted by atomic mass is 10.0. The molecule has 5 nitrogen and oxygen atoms in total. The first-order chi connectivity index (χ1) is 12.7. The number of nitrogens with one attached hydrogen (secondary N) is 2. The van der Waals surface area contributed by atoms with E-state index in [1.807, 2.05) is 36.4 Å². The van der Waals surface area contributed by atoms with Crippen molar-refractivity contribution in [2.75, 3.05) is 34.4 Å². The standard InChI is InChI=1S/C21H29N3O2/c1-16(18-10-6-8-12-20(18)26-4)15-24-21(22-2)23-14-13-17-9-5-7-11-19(17)25-3/h5-12,16H,13-15H2,1-4H3,(H2,22,23,24). The van der Waals surface area contributed by atoms with E-state index in [0.29, 0.717) is 5.92 Å². The maximum atomic E-state index is 5.45. The van der Waals surface area contributed by atoms with Gasteiger partial charge in [0.1, 0.15) is 11.5 Å². The first-order valence-corrected chi connectivity index (χ1v) is 8.89. The van der Waals surface area contributed by atoms with Crippen molar-refractivity contribution >= 4 is 5.96 Å². The van der Waals surface area contributed by atoms with E-state index >= 15 is 0 Å². The Bertz CT molecular complexity index is 716. The Morgan fingerprint density at radius 1 is 0.962 bits per heavy atom. The van der Waals surface area contributed by atoms with E-state index in [2.05, 4.69) is 34.7 Å². The molecule has 2 aromatic carbocycles. The van der Waals surface area contributed by atoms with Crippen LogP contribution in [-0.2, 0) is 6.42 Å². The number of para-hydroxylation sites is 2. The lowest BCUT2D eigenvalue weighted by Crippen LogP contribution is -2.40. The fraction of sp³-hybridized carbons (Fsp3) is 0.381. The molecule has 2 aromatic rings. The van der Waals surface area contributed by atoms with Crippen molar-refractivity contribution in [3.63, 3.8) is 0 Å². The molecule has 0 aliphatic rings. The number of nitrogens with zero attached hydrogens (tertiary/aromatic N) is 1. The van der Waals surface area contributed by atoms with Crippen LogP contribution in [0.2, 0.25) is 0 Å². The van der Waals surface area contributed by atoms with Crippen LogP contribution in [0.5, 0.6) is 11.5 Å². The van der Waals surface area contributed by atoms with Gasteiger partial charge >= 0.3 is 0 Å². The van der Waals surface area contributed by atoms with Gasteiger partial charge in [-0.15, -0.1) is 0 Å². The van der Waals surface area contributed by atoms with E-state index in [-0.39, 0.29) is 0 Å². The Hall–Kier alpha value is -2.69. The van der Waals surface area contributed by atoms with Crippen LogP contribution < -0.4 is 20.1 Å². The van der Waals surface area contributed by atoms with Gasteiger partial charge in [-0.3, -0.25) is 4.99 Å². The van der Waals surface area contributed by atoms with Gasteiger partial charge < -0.3 is 20.1 Å². The van der Waals surface area contributed by atoms with E-state index in [1.165, 1.54) is 11.1 Å². The maximum Gasteiger partial charge on any atom is 0.191 e. The molecule has 0 amide bonds. The van der Waals surface area contributed by atoms with Crippen LogP contribution in [0.1, 0.15) is 24.0 Å². The van der Waals surface area contributed by atoms with Crippen molar-refractivity contribution in [1.29, 1.82) is 0 Å². The fourth-order valence-corrected chi connectivity index (χ4v) is 2.88. The van der Waals surface area contributed by atoms with E-state index in [0.717, 1.165) is 37.0 Å². The van der Waals surface area contributed by atoms with E-state index in [4.69, 9.17) is 9.47 Å². The van der Waals surface area contributed by atoms with Crippen molar-refractivity contribution < 1.29 is 9.47 Å². The van der Waals surface area contributed by atoms with E-state index < -0.39 is 0 Å². The predicted molar refractivity (Wildman–Crippen MR) is 107 cm³/mol. The number of rotatable bonds is 8. The summed E-state index contributed by atoms with van der Waals surface area (Å²) >= 11 is 0. The number of guanidine groups is 1. The summed E-state index contributed by atoms with van der Waals surface area (Å²) < 4.78 is 10.8. The number of hydrogen-bond donors (Lipinski definition) is 2. The lowest BCUT2D eigenvalue weighted by Gasteiger charge is -2.18. The molecule has 0 aliphatic heterocycles. The minimum atomic E-state index is 0.305. The summed E-state index contributed by atoms with van der Waals surface area (Å²) in [5.41, 5.74) is 2.37. The summed E-state index contributed by atoms with van der Waals surface area (Å²) in [7, 11) is 5.19. The van der Waals surface area contributed by atoms with Crippen LogP contribution in [0.4, 0.5) is 0 Å². The molecule has 0 aromatic heterocycles. The molecule has 0 radical (unpaired) electrons. The van der Waals surface area contributed by atoms with E-state index in [9.17, 15) is 0 Å². The van der Waals surface area contributed by atoms with Crippen molar-refractivity contribution in [3.05, 3.63) is 59.7 Å². The normalized spacial score (nSPS) is 12.4. The first-order valence-electron chi connectivity index (χ1n) is 8.89. The molecular weight excluding hydrogens is 326 g/mol. The van der Waals surface area contributed by atoms with Gasteiger partial charge in [-0.25, -0.2) is 0 Å². The van der Waals surface area contributed by atoms with Crippen LogP contribution in [0.25, 0.3) is 0 Å². The van der Waals surface area contributed by atoms with Crippen LogP contribution >= 0.6 is 0 Å².